The third-order valence-electron chi connectivity index (χ3n) is 4.09. The Hall–Kier alpha value is -0.120. The lowest BCUT2D eigenvalue weighted by molar-refractivity contribution is 0.0266. The van der Waals surface area contributed by atoms with Crippen LogP contribution in [0.1, 0.15) is 51.4 Å². The standard InChI is InChI=1S/C15H29NO2/c1-2-7-15(8-3-1)18-11-5-9-16-12-14-6-4-10-17-13-14/h14-16H,1-13H2. The van der Waals surface area contributed by atoms with Crippen molar-refractivity contribution in [2.45, 2.75) is 57.5 Å². The Bertz CT molecular complexity index is 177. The van der Waals surface area contributed by atoms with Crippen molar-refractivity contribution in [1.82, 2.24) is 5.32 Å². The first kappa shape index (κ1) is 14.3. The second-order valence-electron chi connectivity index (χ2n) is 5.77. The van der Waals surface area contributed by atoms with Gasteiger partial charge >= 0.3 is 0 Å². The summed E-state index contributed by atoms with van der Waals surface area (Å²) in [5, 5.41) is 3.53. The first-order valence-corrected chi connectivity index (χ1v) is 7.85. The first-order valence-electron chi connectivity index (χ1n) is 7.85. The van der Waals surface area contributed by atoms with Crippen LogP contribution in [0.2, 0.25) is 0 Å². The highest BCUT2D eigenvalue weighted by atomic mass is 16.5. The summed E-state index contributed by atoms with van der Waals surface area (Å²) in [6, 6.07) is 0. The fraction of sp³-hybridized carbons (Fsp3) is 1.00. The third-order valence-corrected chi connectivity index (χ3v) is 4.09. The van der Waals surface area contributed by atoms with Crippen LogP contribution in [0.4, 0.5) is 0 Å². The van der Waals surface area contributed by atoms with E-state index in [0.717, 1.165) is 45.2 Å². The fourth-order valence-electron chi connectivity index (χ4n) is 2.95. The maximum atomic E-state index is 5.91. The molecule has 1 atom stereocenters. The van der Waals surface area contributed by atoms with E-state index >= 15 is 0 Å². The topological polar surface area (TPSA) is 30.5 Å². The molecule has 1 unspecified atom stereocenters. The SMILES string of the molecule is C1CCC(OCCCNCC2CCCOC2)CC1. The second kappa shape index (κ2) is 8.89. The van der Waals surface area contributed by atoms with Gasteiger partial charge in [-0.1, -0.05) is 19.3 Å². The van der Waals surface area contributed by atoms with Crippen LogP contribution in [0, 0.1) is 5.92 Å². The van der Waals surface area contributed by atoms with Gasteiger partial charge < -0.3 is 14.8 Å². The molecule has 0 aromatic heterocycles. The molecule has 0 radical (unpaired) electrons. The summed E-state index contributed by atoms with van der Waals surface area (Å²) < 4.78 is 11.4. The summed E-state index contributed by atoms with van der Waals surface area (Å²) in [6.45, 7) is 5.04. The van der Waals surface area contributed by atoms with Gasteiger partial charge in [-0.15, -0.1) is 0 Å². The molecule has 2 rings (SSSR count). The largest absolute Gasteiger partial charge is 0.381 e. The highest BCUT2D eigenvalue weighted by molar-refractivity contribution is 4.67. The van der Waals surface area contributed by atoms with Gasteiger partial charge in [0.25, 0.3) is 0 Å². The van der Waals surface area contributed by atoms with Crippen LogP contribution in [0.25, 0.3) is 0 Å². The zero-order valence-corrected chi connectivity index (χ0v) is 11.7. The van der Waals surface area contributed by atoms with Crippen molar-refractivity contribution in [1.29, 1.82) is 0 Å². The number of hydrogen-bond acceptors (Lipinski definition) is 3. The summed E-state index contributed by atoms with van der Waals surface area (Å²) in [6.07, 6.45) is 11.0. The highest BCUT2D eigenvalue weighted by Gasteiger charge is 2.14. The molecule has 1 aliphatic heterocycles. The smallest absolute Gasteiger partial charge is 0.0575 e. The Balaban J connectivity index is 1.39. The monoisotopic (exact) mass is 255 g/mol. The molecule has 0 aromatic carbocycles. The van der Waals surface area contributed by atoms with Gasteiger partial charge in [-0.2, -0.15) is 0 Å². The van der Waals surface area contributed by atoms with Crippen molar-refractivity contribution in [3.63, 3.8) is 0 Å². The molecule has 106 valence electrons. The lowest BCUT2D eigenvalue weighted by Gasteiger charge is -2.23. The van der Waals surface area contributed by atoms with Crippen LogP contribution in [0.5, 0.6) is 0 Å². The average molecular weight is 255 g/mol. The van der Waals surface area contributed by atoms with E-state index in [1.54, 1.807) is 0 Å². The third kappa shape index (κ3) is 5.68. The number of nitrogens with one attached hydrogen (secondary N) is 1. The number of ether oxygens (including phenoxy) is 2. The van der Waals surface area contributed by atoms with Crippen LogP contribution >= 0.6 is 0 Å². The Kier molecular flexibility index (Phi) is 7.06. The van der Waals surface area contributed by atoms with Crippen LogP contribution in [-0.4, -0.2) is 39.0 Å². The van der Waals surface area contributed by atoms with Crippen molar-refractivity contribution in [3.8, 4) is 0 Å². The van der Waals surface area contributed by atoms with Gasteiger partial charge in [0.2, 0.25) is 0 Å². The van der Waals surface area contributed by atoms with Gasteiger partial charge in [0.15, 0.2) is 0 Å². The molecular formula is C15H29NO2. The second-order valence-corrected chi connectivity index (χ2v) is 5.77. The molecule has 1 aliphatic carbocycles. The molecule has 2 aliphatic rings. The van der Waals surface area contributed by atoms with Crippen molar-refractivity contribution < 1.29 is 9.47 Å². The minimum Gasteiger partial charge on any atom is -0.381 e. The average Bonchev–Trinajstić information content (AvgIpc) is 2.45. The van der Waals surface area contributed by atoms with Crippen LogP contribution in [0.15, 0.2) is 0 Å². The van der Waals surface area contributed by atoms with Gasteiger partial charge in [-0.25, -0.2) is 0 Å². The van der Waals surface area contributed by atoms with Crippen molar-refractivity contribution >= 4 is 0 Å². The van der Waals surface area contributed by atoms with E-state index in [1.807, 2.05) is 0 Å². The number of hydrogen-bond donors (Lipinski definition) is 1. The normalized spacial score (nSPS) is 26.3. The van der Waals surface area contributed by atoms with E-state index in [2.05, 4.69) is 5.32 Å². The van der Waals surface area contributed by atoms with Gasteiger partial charge in [0.1, 0.15) is 0 Å². The molecule has 0 spiro atoms. The lowest BCUT2D eigenvalue weighted by Crippen LogP contribution is -2.30. The Morgan fingerprint density at radius 3 is 2.72 bits per heavy atom. The molecule has 1 saturated carbocycles. The minimum absolute atomic E-state index is 0.561. The lowest BCUT2D eigenvalue weighted by atomic mass is 9.98. The molecule has 18 heavy (non-hydrogen) atoms. The molecule has 3 heteroatoms. The molecule has 2 fully saturated rings. The van der Waals surface area contributed by atoms with Crippen molar-refractivity contribution in [2.75, 3.05) is 32.9 Å². The first-order chi connectivity index (χ1) is 8.95. The fourth-order valence-corrected chi connectivity index (χ4v) is 2.95. The molecule has 0 bridgehead atoms. The van der Waals surface area contributed by atoms with Crippen LogP contribution in [0.3, 0.4) is 0 Å². The molecule has 1 saturated heterocycles. The molecule has 0 aromatic rings. The molecule has 1 N–H and O–H groups in total. The van der Waals surface area contributed by atoms with Crippen LogP contribution < -0.4 is 5.32 Å². The van der Waals surface area contributed by atoms with Gasteiger partial charge in [-0.05, 0) is 44.6 Å². The van der Waals surface area contributed by atoms with E-state index in [1.165, 1.54) is 44.9 Å². The van der Waals surface area contributed by atoms with E-state index in [9.17, 15) is 0 Å². The van der Waals surface area contributed by atoms with Gasteiger partial charge in [-0.3, -0.25) is 0 Å². The minimum atomic E-state index is 0.561. The Morgan fingerprint density at radius 1 is 1.06 bits per heavy atom. The van der Waals surface area contributed by atoms with Gasteiger partial charge in [0, 0.05) is 19.8 Å². The van der Waals surface area contributed by atoms with Gasteiger partial charge in [0.05, 0.1) is 12.7 Å². The van der Waals surface area contributed by atoms with E-state index in [-0.39, 0.29) is 0 Å². The summed E-state index contributed by atoms with van der Waals surface area (Å²) >= 11 is 0. The molecule has 0 amide bonds. The maximum Gasteiger partial charge on any atom is 0.0575 e. The van der Waals surface area contributed by atoms with Crippen molar-refractivity contribution in [2.24, 2.45) is 5.92 Å². The molecule has 1 heterocycles. The molecular weight excluding hydrogens is 226 g/mol. The highest BCUT2D eigenvalue weighted by Crippen LogP contribution is 2.20. The number of rotatable bonds is 7. The predicted octanol–water partition coefficient (Wildman–Crippen LogP) is 2.74. The van der Waals surface area contributed by atoms with E-state index in [0.29, 0.717) is 6.10 Å². The quantitative estimate of drug-likeness (QED) is 0.710. The predicted molar refractivity (Wildman–Crippen MR) is 73.9 cm³/mol. The summed E-state index contributed by atoms with van der Waals surface area (Å²) in [5.41, 5.74) is 0. The summed E-state index contributed by atoms with van der Waals surface area (Å²) in [5.74, 6) is 0.734. The van der Waals surface area contributed by atoms with Crippen LogP contribution in [-0.2, 0) is 9.47 Å². The Morgan fingerprint density at radius 2 is 1.94 bits per heavy atom. The molecule has 3 nitrogen and oxygen atoms in total. The zero-order chi connectivity index (χ0) is 12.5. The van der Waals surface area contributed by atoms with E-state index < -0.39 is 0 Å². The summed E-state index contributed by atoms with van der Waals surface area (Å²) in [4.78, 5) is 0. The van der Waals surface area contributed by atoms with Crippen molar-refractivity contribution in [3.05, 3.63) is 0 Å². The van der Waals surface area contributed by atoms with E-state index in [4.69, 9.17) is 9.47 Å². The maximum absolute atomic E-state index is 5.91. The Labute approximate surface area is 112 Å². The summed E-state index contributed by atoms with van der Waals surface area (Å²) in [7, 11) is 0. The zero-order valence-electron chi connectivity index (χ0n) is 11.7.